The van der Waals surface area contributed by atoms with Crippen LogP contribution in [0.15, 0.2) is 12.1 Å². The molecule has 0 spiro atoms. The number of halogens is 1. The second kappa shape index (κ2) is 6.88. The van der Waals surface area contributed by atoms with Gasteiger partial charge < -0.3 is 9.47 Å². The molecule has 4 nitrogen and oxygen atoms in total. The molecule has 0 radical (unpaired) electrons. The molecule has 2 rings (SSSR count). The van der Waals surface area contributed by atoms with E-state index in [0.29, 0.717) is 24.8 Å². The Labute approximate surface area is 125 Å². The Kier molecular flexibility index (Phi) is 5.16. The molecule has 1 aromatic rings. The van der Waals surface area contributed by atoms with Crippen molar-refractivity contribution >= 4 is 0 Å². The third kappa shape index (κ3) is 3.02. The van der Waals surface area contributed by atoms with E-state index in [4.69, 9.17) is 14.7 Å². The highest BCUT2D eigenvalue weighted by Crippen LogP contribution is 2.35. The number of morpholine rings is 1. The smallest absolute Gasteiger partial charge is 0.183 e. The fourth-order valence-electron chi connectivity index (χ4n) is 2.82. The molecule has 0 aromatic heterocycles. The molecule has 0 aliphatic carbocycles. The first-order chi connectivity index (χ1) is 10.2. The molecule has 0 unspecified atom stereocenters. The van der Waals surface area contributed by atoms with Gasteiger partial charge >= 0.3 is 0 Å². The number of nitrogens with zero attached hydrogens (tertiary/aromatic N) is 2. The van der Waals surface area contributed by atoms with Crippen LogP contribution in [0.1, 0.15) is 37.5 Å². The third-order valence-electron chi connectivity index (χ3n) is 4.08. The summed E-state index contributed by atoms with van der Waals surface area (Å²) < 4.78 is 25.3. The Morgan fingerprint density at radius 1 is 1.48 bits per heavy atom. The van der Waals surface area contributed by atoms with Gasteiger partial charge in [-0.15, -0.1) is 0 Å². The second-order valence-corrected chi connectivity index (χ2v) is 5.13. The molecule has 114 valence electrons. The number of nitriles is 1. The molecule has 21 heavy (non-hydrogen) atoms. The van der Waals surface area contributed by atoms with Gasteiger partial charge in [0.2, 0.25) is 0 Å². The number of hydrogen-bond acceptors (Lipinski definition) is 4. The number of methoxy groups -OCH3 is 1. The van der Waals surface area contributed by atoms with Gasteiger partial charge in [0, 0.05) is 18.2 Å². The van der Waals surface area contributed by atoms with E-state index in [9.17, 15) is 4.39 Å². The largest absolute Gasteiger partial charge is 0.493 e. The van der Waals surface area contributed by atoms with Crippen molar-refractivity contribution < 1.29 is 13.9 Å². The molecule has 0 amide bonds. The predicted octanol–water partition coefficient (Wildman–Crippen LogP) is 2.88. The highest BCUT2D eigenvalue weighted by atomic mass is 19.1. The van der Waals surface area contributed by atoms with Crippen LogP contribution in [-0.2, 0) is 4.74 Å². The lowest BCUT2D eigenvalue weighted by atomic mass is 10.0. The number of ether oxygens (including phenoxy) is 2. The van der Waals surface area contributed by atoms with Crippen LogP contribution in [0.5, 0.6) is 5.75 Å². The SMILES string of the molecule is CC[C@@H]1CO[C@H](c2ccc(C#N)c(F)c2OC)CN1CC. The first-order valence-corrected chi connectivity index (χ1v) is 7.28. The summed E-state index contributed by atoms with van der Waals surface area (Å²) in [5.74, 6) is -0.494. The van der Waals surface area contributed by atoms with Crippen molar-refractivity contribution in [3.05, 3.63) is 29.1 Å². The van der Waals surface area contributed by atoms with Crippen LogP contribution in [0.25, 0.3) is 0 Å². The fourth-order valence-corrected chi connectivity index (χ4v) is 2.82. The van der Waals surface area contributed by atoms with Gasteiger partial charge in [0.1, 0.15) is 6.07 Å². The van der Waals surface area contributed by atoms with Crippen molar-refractivity contribution in [2.24, 2.45) is 0 Å². The van der Waals surface area contributed by atoms with E-state index in [2.05, 4.69) is 18.7 Å². The van der Waals surface area contributed by atoms with Gasteiger partial charge in [0.15, 0.2) is 11.6 Å². The standard InChI is InChI=1S/C16H21FN2O2/c1-4-12-10-21-14(9-19(12)5-2)13-7-6-11(8-18)15(17)16(13)20-3/h6-7,12,14H,4-5,9-10H2,1-3H3/t12-,14+/m1/s1. The molecule has 1 aliphatic heterocycles. The maximum Gasteiger partial charge on any atom is 0.183 e. The Morgan fingerprint density at radius 3 is 2.81 bits per heavy atom. The van der Waals surface area contributed by atoms with Crippen LogP contribution in [0.2, 0.25) is 0 Å². The summed E-state index contributed by atoms with van der Waals surface area (Å²) in [4.78, 5) is 2.34. The highest BCUT2D eigenvalue weighted by Gasteiger charge is 2.30. The van der Waals surface area contributed by atoms with E-state index in [1.54, 1.807) is 6.07 Å². The molecule has 0 saturated carbocycles. The van der Waals surface area contributed by atoms with Crippen LogP contribution in [0.4, 0.5) is 4.39 Å². The van der Waals surface area contributed by atoms with E-state index in [-0.39, 0.29) is 17.4 Å². The monoisotopic (exact) mass is 292 g/mol. The van der Waals surface area contributed by atoms with Crippen molar-refractivity contribution in [1.29, 1.82) is 5.26 Å². The van der Waals surface area contributed by atoms with E-state index in [0.717, 1.165) is 13.0 Å². The van der Waals surface area contributed by atoms with Crippen molar-refractivity contribution in [2.45, 2.75) is 32.4 Å². The Morgan fingerprint density at radius 2 is 2.24 bits per heavy atom. The average Bonchev–Trinajstić information content (AvgIpc) is 2.53. The first kappa shape index (κ1) is 15.7. The molecule has 1 heterocycles. The number of rotatable bonds is 4. The minimum Gasteiger partial charge on any atom is -0.493 e. The molecule has 0 bridgehead atoms. The molecule has 2 atom stereocenters. The average molecular weight is 292 g/mol. The van der Waals surface area contributed by atoms with E-state index < -0.39 is 5.82 Å². The van der Waals surface area contributed by atoms with Gasteiger partial charge in [0.25, 0.3) is 0 Å². The Balaban J connectivity index is 2.31. The molecule has 1 fully saturated rings. The molecule has 5 heteroatoms. The van der Waals surface area contributed by atoms with E-state index in [1.165, 1.54) is 13.2 Å². The Hall–Kier alpha value is -1.64. The molecular weight excluding hydrogens is 271 g/mol. The van der Waals surface area contributed by atoms with Crippen LogP contribution in [0.3, 0.4) is 0 Å². The second-order valence-electron chi connectivity index (χ2n) is 5.13. The van der Waals surface area contributed by atoms with E-state index >= 15 is 0 Å². The first-order valence-electron chi connectivity index (χ1n) is 7.28. The quantitative estimate of drug-likeness (QED) is 0.856. The minimum atomic E-state index is -0.609. The van der Waals surface area contributed by atoms with Gasteiger partial charge in [-0.3, -0.25) is 4.90 Å². The summed E-state index contributed by atoms with van der Waals surface area (Å²) in [7, 11) is 1.42. The van der Waals surface area contributed by atoms with Crippen molar-refractivity contribution in [1.82, 2.24) is 4.90 Å². The maximum atomic E-state index is 14.2. The topological polar surface area (TPSA) is 45.5 Å². The molecule has 0 N–H and O–H groups in total. The highest BCUT2D eigenvalue weighted by molar-refractivity contribution is 5.45. The van der Waals surface area contributed by atoms with Crippen molar-refractivity contribution in [2.75, 3.05) is 26.8 Å². The summed E-state index contributed by atoms with van der Waals surface area (Å²) in [6.45, 7) is 6.51. The summed E-state index contributed by atoms with van der Waals surface area (Å²) in [5, 5.41) is 8.90. The number of hydrogen-bond donors (Lipinski definition) is 0. The fraction of sp³-hybridized carbons (Fsp3) is 0.562. The zero-order valence-electron chi connectivity index (χ0n) is 12.7. The van der Waals surface area contributed by atoms with Gasteiger partial charge in [-0.25, -0.2) is 4.39 Å². The lowest BCUT2D eigenvalue weighted by Gasteiger charge is -2.39. The van der Waals surface area contributed by atoms with Crippen LogP contribution in [0, 0.1) is 17.1 Å². The van der Waals surface area contributed by atoms with E-state index in [1.807, 2.05) is 6.07 Å². The molecular formula is C16H21FN2O2. The van der Waals surface area contributed by atoms with Gasteiger partial charge in [-0.1, -0.05) is 19.9 Å². The normalized spacial score (nSPS) is 22.8. The minimum absolute atomic E-state index is 0.00908. The lowest BCUT2D eigenvalue weighted by molar-refractivity contribution is -0.0650. The van der Waals surface area contributed by atoms with Gasteiger partial charge in [-0.05, 0) is 19.0 Å². The van der Waals surface area contributed by atoms with Gasteiger partial charge in [-0.2, -0.15) is 5.26 Å². The molecule has 1 aliphatic rings. The Bertz CT molecular complexity index is 542. The van der Waals surface area contributed by atoms with Crippen LogP contribution in [-0.4, -0.2) is 37.7 Å². The predicted molar refractivity (Wildman–Crippen MR) is 77.7 cm³/mol. The number of likely N-dealkylation sites (N-methyl/N-ethyl adjacent to an activating group) is 1. The zero-order chi connectivity index (χ0) is 15.4. The lowest BCUT2D eigenvalue weighted by Crippen LogP contribution is -2.46. The zero-order valence-corrected chi connectivity index (χ0v) is 12.7. The van der Waals surface area contributed by atoms with Crippen LogP contribution >= 0.6 is 0 Å². The number of benzene rings is 1. The third-order valence-corrected chi connectivity index (χ3v) is 4.08. The summed E-state index contributed by atoms with van der Waals surface area (Å²) in [6, 6.07) is 5.45. The van der Waals surface area contributed by atoms with Gasteiger partial charge in [0.05, 0.1) is 25.4 Å². The molecule has 1 aromatic carbocycles. The van der Waals surface area contributed by atoms with Crippen LogP contribution < -0.4 is 4.74 Å². The summed E-state index contributed by atoms with van der Waals surface area (Å²) >= 11 is 0. The molecule has 1 saturated heterocycles. The summed E-state index contributed by atoms with van der Waals surface area (Å²) in [5.41, 5.74) is 0.659. The van der Waals surface area contributed by atoms with Crippen molar-refractivity contribution in [3.8, 4) is 11.8 Å². The summed E-state index contributed by atoms with van der Waals surface area (Å²) in [6.07, 6.45) is 0.796. The maximum absolute atomic E-state index is 14.2. The van der Waals surface area contributed by atoms with Crippen molar-refractivity contribution in [3.63, 3.8) is 0 Å².